The number of carbonyl (C=O) groups excluding carboxylic acids is 1. The number of methoxy groups -OCH3 is 1. The van der Waals surface area contributed by atoms with Gasteiger partial charge in [0.25, 0.3) is 0 Å². The molecule has 0 atom stereocenters. The highest BCUT2D eigenvalue weighted by Crippen LogP contribution is 2.62. The van der Waals surface area contributed by atoms with Crippen molar-refractivity contribution in [1.82, 2.24) is 4.90 Å². The summed E-state index contributed by atoms with van der Waals surface area (Å²) in [5.74, 6) is -0.847. The summed E-state index contributed by atoms with van der Waals surface area (Å²) in [6.45, 7) is 4.92. The quantitative estimate of drug-likeness (QED) is 0.253. The molecule has 0 amide bonds. The summed E-state index contributed by atoms with van der Waals surface area (Å²) >= 11 is 0. The molecule has 2 aliphatic rings. The van der Waals surface area contributed by atoms with Gasteiger partial charge < -0.3 is 29.7 Å². The van der Waals surface area contributed by atoms with Crippen LogP contribution in [0.25, 0.3) is 5.70 Å². The molecule has 2 aromatic rings. The van der Waals surface area contributed by atoms with E-state index in [1.807, 2.05) is 48.5 Å². The van der Waals surface area contributed by atoms with Gasteiger partial charge in [0, 0.05) is 41.3 Å². The van der Waals surface area contributed by atoms with Crippen LogP contribution in [0.3, 0.4) is 0 Å². The van der Waals surface area contributed by atoms with E-state index in [1.165, 1.54) is 37.6 Å². The van der Waals surface area contributed by atoms with E-state index < -0.39 is 19.0 Å². The van der Waals surface area contributed by atoms with Crippen LogP contribution >= 0.6 is 7.60 Å². The van der Waals surface area contributed by atoms with Crippen LogP contribution in [0, 0.1) is 6.92 Å². The van der Waals surface area contributed by atoms with Crippen molar-refractivity contribution < 1.29 is 31.9 Å². The van der Waals surface area contributed by atoms with Crippen LogP contribution in [0.2, 0.25) is 0 Å². The highest BCUT2D eigenvalue weighted by atomic mass is 31.2. The molecule has 39 heavy (non-hydrogen) atoms. The first-order valence-corrected chi connectivity index (χ1v) is 14.1. The number of nitrogens with one attached hydrogen (secondary N) is 1. The smallest absolute Gasteiger partial charge is 0.408 e. The summed E-state index contributed by atoms with van der Waals surface area (Å²) in [4.78, 5) is 14.9. The monoisotopic (exact) mass is 559 g/mol. The first-order valence-electron chi connectivity index (χ1n) is 12.6. The first-order chi connectivity index (χ1) is 18.5. The van der Waals surface area contributed by atoms with Crippen LogP contribution in [-0.4, -0.2) is 43.2 Å². The molecule has 0 fully saturated rings. The topological polar surface area (TPSA) is 103 Å². The number of nitrogens with zero attached hydrogens (tertiary/aromatic N) is 1. The Labute approximate surface area is 226 Å². The predicted octanol–water partition coefficient (Wildman–Crippen LogP) is 6.05. The molecule has 2 aliphatic heterocycles. The number of allylic oxidation sites excluding steroid dienone is 1. The summed E-state index contributed by atoms with van der Waals surface area (Å²) in [6.07, 6.45) is 6.47. The number of rotatable bonds is 11. The minimum Gasteiger partial charge on any atom is -0.497 e. The molecule has 0 saturated carbocycles. The van der Waals surface area contributed by atoms with Crippen molar-refractivity contribution >= 4 is 24.8 Å². The Bertz CT molecular complexity index is 1410. The molecular formula is C28H32F2N3O5P. The molecule has 0 radical (unpaired) electrons. The first kappa shape index (κ1) is 28.5. The van der Waals surface area contributed by atoms with E-state index >= 15 is 8.78 Å². The molecule has 2 aromatic carbocycles. The molecule has 0 unspecified atom stereocenters. The van der Waals surface area contributed by atoms with Gasteiger partial charge >= 0.3 is 13.3 Å². The second-order valence-electron chi connectivity index (χ2n) is 9.05. The number of nitrogens with two attached hydrogens (primary N) is 1. The van der Waals surface area contributed by atoms with Gasteiger partial charge in [0.05, 0.1) is 31.7 Å². The molecule has 0 aromatic heterocycles. The number of benzene rings is 2. The fraction of sp³-hybridized carbons (Fsp3) is 0.321. The molecule has 0 aliphatic carbocycles. The minimum atomic E-state index is -5.03. The second kappa shape index (κ2) is 11.3. The average molecular weight is 560 g/mol. The molecule has 208 valence electrons. The van der Waals surface area contributed by atoms with Crippen LogP contribution in [0.1, 0.15) is 40.9 Å². The number of ether oxygens (including phenoxy) is 1. The SMILES string of the molecule is CCOP(=O)(OCC)C(F)(F)C(=O)c1ccc2c(c1)NC1=CN(CCc3ccc(OC)cc3C)C=CC1=C2N. The van der Waals surface area contributed by atoms with E-state index in [2.05, 4.69) is 5.32 Å². The molecule has 4 rings (SSSR count). The lowest BCUT2D eigenvalue weighted by atomic mass is 9.95. The fourth-order valence-corrected chi connectivity index (χ4v) is 5.95. The zero-order valence-corrected chi connectivity index (χ0v) is 23.2. The zero-order valence-electron chi connectivity index (χ0n) is 22.3. The highest BCUT2D eigenvalue weighted by Gasteiger charge is 2.59. The molecule has 11 heteroatoms. The van der Waals surface area contributed by atoms with Gasteiger partial charge in [-0.2, -0.15) is 8.78 Å². The standard InChI is InChI=1S/C28H32F2N3O5P/c1-5-37-39(35,38-6-2)28(29,30)27(34)20-8-10-22-24(16-20)32-25-17-33(14-12-23(25)26(22)31)13-11-19-7-9-21(36-4)15-18(19)3/h7-10,12,14-17,32H,5-6,11,13,31H2,1-4H3. The van der Waals surface area contributed by atoms with Crippen LogP contribution in [-0.2, 0) is 20.0 Å². The molecule has 2 heterocycles. The average Bonchev–Trinajstić information content (AvgIpc) is 2.91. The summed E-state index contributed by atoms with van der Waals surface area (Å²) in [5, 5.41) is 3.20. The van der Waals surface area contributed by atoms with E-state index in [1.54, 1.807) is 7.11 Å². The fourth-order valence-electron chi connectivity index (χ4n) is 4.49. The third-order valence-corrected chi connectivity index (χ3v) is 8.64. The normalized spacial score (nSPS) is 14.9. The Morgan fingerprint density at radius 2 is 1.85 bits per heavy atom. The van der Waals surface area contributed by atoms with E-state index in [4.69, 9.17) is 19.5 Å². The van der Waals surface area contributed by atoms with Gasteiger partial charge in [-0.05, 0) is 62.6 Å². The number of ketones is 1. The number of Topliss-reactive ketones (excluding diaryl/α,β-unsaturated/α-hetero) is 1. The summed E-state index contributed by atoms with van der Waals surface area (Å²) in [7, 11) is -3.39. The van der Waals surface area contributed by atoms with Crippen molar-refractivity contribution in [3.05, 3.63) is 88.4 Å². The molecular weight excluding hydrogens is 527 g/mol. The zero-order chi connectivity index (χ0) is 28.4. The van der Waals surface area contributed by atoms with Crippen molar-refractivity contribution in [2.24, 2.45) is 5.73 Å². The van der Waals surface area contributed by atoms with Gasteiger partial charge in [-0.25, -0.2) is 0 Å². The summed E-state index contributed by atoms with van der Waals surface area (Å²) in [5.41, 5.74) is 6.83. The van der Waals surface area contributed by atoms with Gasteiger partial charge in [0.15, 0.2) is 0 Å². The Balaban J connectivity index is 1.56. The third-order valence-electron chi connectivity index (χ3n) is 6.55. The maximum atomic E-state index is 15.1. The number of hydrogen-bond acceptors (Lipinski definition) is 8. The molecule has 3 N–H and O–H groups in total. The van der Waals surface area contributed by atoms with E-state index in [-0.39, 0.29) is 18.8 Å². The number of hydrogen-bond donors (Lipinski definition) is 2. The van der Waals surface area contributed by atoms with Crippen LogP contribution in [0.4, 0.5) is 14.5 Å². The Morgan fingerprint density at radius 3 is 2.49 bits per heavy atom. The Morgan fingerprint density at radius 1 is 1.13 bits per heavy atom. The van der Waals surface area contributed by atoms with Gasteiger partial charge in [-0.15, -0.1) is 0 Å². The lowest BCUT2D eigenvalue weighted by molar-refractivity contribution is 0.0322. The van der Waals surface area contributed by atoms with Crippen molar-refractivity contribution in [3.8, 4) is 5.75 Å². The van der Waals surface area contributed by atoms with E-state index in [0.717, 1.165) is 23.3 Å². The molecule has 0 spiro atoms. The Kier molecular flexibility index (Phi) is 8.30. The Hall–Kier alpha value is -3.46. The van der Waals surface area contributed by atoms with Crippen LogP contribution in [0.15, 0.2) is 66.1 Å². The predicted molar refractivity (Wildman–Crippen MR) is 147 cm³/mol. The molecule has 0 saturated heterocycles. The largest absolute Gasteiger partial charge is 0.497 e. The summed E-state index contributed by atoms with van der Waals surface area (Å²) < 4.78 is 57.7. The molecule has 8 nitrogen and oxygen atoms in total. The lowest BCUT2D eigenvalue weighted by Gasteiger charge is -2.30. The number of anilines is 1. The van der Waals surface area contributed by atoms with Crippen LogP contribution < -0.4 is 15.8 Å². The maximum Gasteiger partial charge on any atom is 0.408 e. The number of alkyl halides is 2. The van der Waals surface area contributed by atoms with Gasteiger partial charge in [0.1, 0.15) is 5.75 Å². The number of aryl methyl sites for hydroxylation is 1. The van der Waals surface area contributed by atoms with Gasteiger partial charge in [0.2, 0.25) is 5.78 Å². The van der Waals surface area contributed by atoms with Gasteiger partial charge in [-0.1, -0.05) is 18.2 Å². The van der Waals surface area contributed by atoms with Gasteiger partial charge in [-0.3, -0.25) is 9.36 Å². The number of carbonyl (C=O) groups is 1. The summed E-state index contributed by atoms with van der Waals surface area (Å²) in [6, 6.07) is 9.96. The molecule has 0 bridgehead atoms. The van der Waals surface area contributed by atoms with Crippen molar-refractivity contribution in [2.45, 2.75) is 32.9 Å². The van der Waals surface area contributed by atoms with Crippen LogP contribution in [0.5, 0.6) is 5.75 Å². The van der Waals surface area contributed by atoms with Crippen molar-refractivity contribution in [1.29, 1.82) is 0 Å². The lowest BCUT2D eigenvalue weighted by Crippen LogP contribution is -2.31. The highest BCUT2D eigenvalue weighted by molar-refractivity contribution is 7.56. The second-order valence-corrected chi connectivity index (χ2v) is 11.1. The van der Waals surface area contributed by atoms with Crippen molar-refractivity contribution in [2.75, 3.05) is 32.2 Å². The number of fused-ring (bicyclic) bond motifs is 2. The maximum absolute atomic E-state index is 15.1. The van der Waals surface area contributed by atoms with E-state index in [0.29, 0.717) is 29.2 Å². The third kappa shape index (κ3) is 5.50. The van der Waals surface area contributed by atoms with Crippen molar-refractivity contribution in [3.63, 3.8) is 0 Å². The minimum absolute atomic E-state index is 0.299. The number of halogens is 2. The van der Waals surface area contributed by atoms with E-state index in [9.17, 15) is 9.36 Å².